The van der Waals surface area contributed by atoms with Crippen LogP contribution < -0.4 is 4.74 Å². The molecule has 0 aromatic heterocycles. The number of methoxy groups -OCH3 is 1. The first-order valence-electron chi connectivity index (χ1n) is 12.0. The summed E-state index contributed by atoms with van der Waals surface area (Å²) in [5.41, 5.74) is -1.31. The molecule has 13 nitrogen and oxygen atoms in total. The van der Waals surface area contributed by atoms with Gasteiger partial charge in [0.1, 0.15) is 36.1 Å². The van der Waals surface area contributed by atoms with Gasteiger partial charge < -0.3 is 59.4 Å². The summed E-state index contributed by atoms with van der Waals surface area (Å²) in [6.45, 7) is -1.39. The third kappa shape index (κ3) is 5.51. The minimum Gasteiger partial charge on any atom is -0.504 e. The lowest BCUT2D eigenvalue weighted by atomic mass is 9.84. The van der Waals surface area contributed by atoms with Crippen molar-refractivity contribution in [2.24, 2.45) is 11.8 Å². The predicted octanol–water partition coefficient (Wildman–Crippen LogP) is -1.63. The number of hydrogen-bond donors (Lipinski definition) is 7. The number of esters is 1. The van der Waals surface area contributed by atoms with E-state index in [4.69, 9.17) is 23.7 Å². The van der Waals surface area contributed by atoms with Gasteiger partial charge in [-0.15, -0.1) is 0 Å². The number of aliphatic hydroxyl groups is 6. The number of fused-ring (bicyclic) bond motifs is 1. The molecule has 4 rings (SSSR count). The van der Waals surface area contributed by atoms with Gasteiger partial charge in [0.25, 0.3) is 0 Å². The van der Waals surface area contributed by atoms with Crippen LogP contribution in [0.15, 0.2) is 36.6 Å². The maximum absolute atomic E-state index is 12.6. The van der Waals surface area contributed by atoms with Crippen LogP contribution in [0.3, 0.4) is 0 Å². The smallest absolute Gasteiger partial charge is 0.331 e. The fourth-order valence-electron chi connectivity index (χ4n) is 5.07. The first-order valence-corrected chi connectivity index (χ1v) is 12.0. The van der Waals surface area contributed by atoms with Crippen molar-refractivity contribution in [2.75, 3.05) is 20.3 Å². The second kappa shape index (κ2) is 11.6. The molecule has 0 spiro atoms. The minimum absolute atomic E-state index is 0.104. The summed E-state index contributed by atoms with van der Waals surface area (Å²) in [5.74, 6) is -2.22. The zero-order valence-corrected chi connectivity index (χ0v) is 20.4. The van der Waals surface area contributed by atoms with E-state index in [1.165, 1.54) is 31.6 Å². The molecular weight excluding hydrogens is 508 g/mol. The Hall–Kier alpha value is -2.75. The Bertz CT molecular complexity index is 1040. The van der Waals surface area contributed by atoms with Crippen molar-refractivity contribution in [3.8, 4) is 11.5 Å². The molecule has 0 unspecified atom stereocenters. The van der Waals surface area contributed by atoms with Gasteiger partial charge in [-0.1, -0.05) is 6.07 Å². The standard InChI is InChI=1S/C25H32O13/c1-34-15-4-2-12(8-14(15)28)3-5-18(29)36-16-9-25(33,11-27)19-13(16)6-7-35-23(19)38-24-22(32)21(31)20(30)17(10-26)37-24/h2-8,13,16-17,19-24,26-28,30-33H,9-11H2,1H3/t13-,16+,17+,19+,20+,21-,22+,23-,24-,25+/m0/s1. The molecule has 2 fully saturated rings. The lowest BCUT2D eigenvalue weighted by Crippen LogP contribution is -2.61. The summed E-state index contributed by atoms with van der Waals surface area (Å²) >= 11 is 0. The number of phenols is 1. The molecule has 10 atom stereocenters. The van der Waals surface area contributed by atoms with Crippen LogP contribution in [0.5, 0.6) is 11.5 Å². The maximum atomic E-state index is 12.6. The lowest BCUT2D eigenvalue weighted by molar-refractivity contribution is -0.347. The predicted molar refractivity (Wildman–Crippen MR) is 126 cm³/mol. The molecule has 3 aliphatic rings. The number of hydrogen-bond acceptors (Lipinski definition) is 13. The van der Waals surface area contributed by atoms with Crippen molar-refractivity contribution in [2.45, 2.75) is 55.1 Å². The van der Waals surface area contributed by atoms with Crippen molar-refractivity contribution in [3.63, 3.8) is 0 Å². The summed E-state index contributed by atoms with van der Waals surface area (Å²) in [7, 11) is 1.41. The molecule has 38 heavy (non-hydrogen) atoms. The number of aromatic hydroxyl groups is 1. The van der Waals surface area contributed by atoms with Crippen molar-refractivity contribution < 1.29 is 64.2 Å². The summed E-state index contributed by atoms with van der Waals surface area (Å²) in [6, 6.07) is 4.56. The van der Waals surface area contributed by atoms with Gasteiger partial charge >= 0.3 is 5.97 Å². The molecule has 2 aliphatic heterocycles. The molecule has 0 radical (unpaired) electrons. The second-order valence-corrected chi connectivity index (χ2v) is 9.48. The Balaban J connectivity index is 1.47. The van der Waals surface area contributed by atoms with Gasteiger partial charge in [0.2, 0.25) is 6.29 Å². The summed E-state index contributed by atoms with van der Waals surface area (Å²) in [4.78, 5) is 12.6. The summed E-state index contributed by atoms with van der Waals surface area (Å²) in [6.07, 6.45) is -4.73. The topological polar surface area (TPSA) is 205 Å². The van der Waals surface area contributed by atoms with E-state index in [1.807, 2.05) is 0 Å². The van der Waals surface area contributed by atoms with Crippen molar-refractivity contribution in [1.82, 2.24) is 0 Å². The highest BCUT2D eigenvalue weighted by Crippen LogP contribution is 2.48. The van der Waals surface area contributed by atoms with Gasteiger partial charge in [-0.25, -0.2) is 4.79 Å². The average molecular weight is 541 g/mol. The number of carbonyl (C=O) groups is 1. The molecule has 1 aromatic rings. The fourth-order valence-corrected chi connectivity index (χ4v) is 5.07. The first kappa shape index (κ1) is 28.3. The van der Waals surface area contributed by atoms with Crippen LogP contribution >= 0.6 is 0 Å². The van der Waals surface area contributed by atoms with Crippen LogP contribution in [0, 0.1) is 11.8 Å². The molecule has 2 heterocycles. The van der Waals surface area contributed by atoms with E-state index in [0.29, 0.717) is 5.56 Å². The minimum atomic E-state index is -1.81. The number of benzene rings is 1. The number of carbonyl (C=O) groups excluding carboxylic acids is 1. The molecule has 1 aliphatic carbocycles. The van der Waals surface area contributed by atoms with Crippen molar-refractivity contribution >= 4 is 12.0 Å². The second-order valence-electron chi connectivity index (χ2n) is 9.48. The van der Waals surface area contributed by atoms with Crippen LogP contribution in [0.4, 0.5) is 0 Å². The molecule has 0 bridgehead atoms. The third-order valence-electron chi connectivity index (χ3n) is 7.10. The highest BCUT2D eigenvalue weighted by atomic mass is 16.8. The van der Waals surface area contributed by atoms with Crippen molar-refractivity contribution in [3.05, 3.63) is 42.2 Å². The molecule has 1 saturated heterocycles. The van der Waals surface area contributed by atoms with Crippen LogP contribution in [0.25, 0.3) is 6.08 Å². The number of rotatable bonds is 8. The zero-order valence-electron chi connectivity index (χ0n) is 20.4. The Morgan fingerprint density at radius 1 is 1.16 bits per heavy atom. The van der Waals surface area contributed by atoms with E-state index >= 15 is 0 Å². The quantitative estimate of drug-likeness (QED) is 0.146. The van der Waals surface area contributed by atoms with Gasteiger partial charge in [-0.3, -0.25) is 0 Å². The van der Waals surface area contributed by atoms with Gasteiger partial charge in [0.05, 0.1) is 32.5 Å². The molecule has 7 N–H and O–H groups in total. The van der Waals surface area contributed by atoms with E-state index in [9.17, 15) is 40.5 Å². The first-order chi connectivity index (χ1) is 18.1. The Kier molecular flexibility index (Phi) is 8.59. The normalized spacial score (nSPS) is 38.6. The SMILES string of the molecule is COc1ccc(C=CC(=O)O[C@@H]2C[C@@](O)(CO)[C@H]3[C@H](O[C@@H]4O[C@H](CO)[C@@H](O)[C@H](O)[C@H]4O)OC=C[C@H]32)cc1O. The van der Waals surface area contributed by atoms with Crippen LogP contribution in [0.1, 0.15) is 12.0 Å². The largest absolute Gasteiger partial charge is 0.504 e. The molecule has 0 amide bonds. The van der Waals surface area contributed by atoms with E-state index in [-0.39, 0.29) is 17.9 Å². The molecule has 210 valence electrons. The Morgan fingerprint density at radius 2 is 1.92 bits per heavy atom. The maximum Gasteiger partial charge on any atom is 0.331 e. The molecular formula is C25H32O13. The zero-order chi connectivity index (χ0) is 27.6. The summed E-state index contributed by atoms with van der Waals surface area (Å²) < 4.78 is 27.1. The summed E-state index contributed by atoms with van der Waals surface area (Å²) in [5, 5.41) is 70.9. The number of ether oxygens (including phenoxy) is 5. The van der Waals surface area contributed by atoms with Gasteiger partial charge in [-0.2, -0.15) is 0 Å². The average Bonchev–Trinajstić information content (AvgIpc) is 3.20. The number of aliphatic hydroxyl groups excluding tert-OH is 5. The van der Waals surface area contributed by atoms with Crippen LogP contribution in [-0.4, -0.2) is 111 Å². The van der Waals surface area contributed by atoms with Crippen LogP contribution in [-0.2, 0) is 23.7 Å². The molecule has 1 saturated carbocycles. The van der Waals surface area contributed by atoms with E-state index in [2.05, 4.69) is 0 Å². The molecule has 1 aromatic carbocycles. The Morgan fingerprint density at radius 3 is 2.58 bits per heavy atom. The fraction of sp³-hybridized carbons (Fsp3) is 0.560. The van der Waals surface area contributed by atoms with E-state index in [0.717, 1.165) is 6.08 Å². The lowest BCUT2D eigenvalue weighted by Gasteiger charge is -2.43. The van der Waals surface area contributed by atoms with E-state index < -0.39 is 79.7 Å². The number of phenolic OH excluding ortho intramolecular Hbond substituents is 1. The van der Waals surface area contributed by atoms with Gasteiger partial charge in [0, 0.05) is 18.4 Å². The van der Waals surface area contributed by atoms with E-state index in [1.54, 1.807) is 12.1 Å². The third-order valence-corrected chi connectivity index (χ3v) is 7.10. The van der Waals surface area contributed by atoms with Crippen molar-refractivity contribution in [1.29, 1.82) is 0 Å². The monoisotopic (exact) mass is 540 g/mol. The Labute approximate surface area is 217 Å². The molecule has 13 heteroatoms. The van der Waals surface area contributed by atoms with Gasteiger partial charge in [-0.05, 0) is 29.8 Å². The van der Waals surface area contributed by atoms with Gasteiger partial charge in [0.15, 0.2) is 17.8 Å². The highest BCUT2D eigenvalue weighted by Gasteiger charge is 2.59. The highest BCUT2D eigenvalue weighted by molar-refractivity contribution is 5.87. The van der Waals surface area contributed by atoms with Crippen LogP contribution in [0.2, 0.25) is 0 Å².